The third-order valence-corrected chi connectivity index (χ3v) is 2.04. The molecule has 3 nitrogen and oxygen atoms in total. The quantitative estimate of drug-likeness (QED) is 0.787. The van der Waals surface area contributed by atoms with E-state index in [4.69, 9.17) is 28.9 Å². The maximum absolute atomic E-state index is 12.3. The lowest BCUT2D eigenvalue weighted by Crippen LogP contribution is -2.16. The average Bonchev–Trinajstić information content (AvgIpc) is 2.06. The van der Waals surface area contributed by atoms with Gasteiger partial charge in [0, 0.05) is 0 Å². The van der Waals surface area contributed by atoms with Gasteiger partial charge in [0.15, 0.2) is 0 Å². The molecule has 8 heteroatoms. The lowest BCUT2D eigenvalue weighted by atomic mass is 10.2. The van der Waals surface area contributed by atoms with Gasteiger partial charge in [0.05, 0.1) is 10.6 Å². The van der Waals surface area contributed by atoms with Crippen molar-refractivity contribution in [1.82, 2.24) is 4.98 Å². The van der Waals surface area contributed by atoms with Gasteiger partial charge in [-0.2, -0.15) is 13.2 Å². The standard InChI is InChI=1S/C7H3Cl2F3N2O/c8-3-1-2(7(10,11)12)5(9)14-4(3)6(13)15/h1H,(H2,13,15). The molecule has 0 bridgehead atoms. The number of amides is 1. The Hall–Kier alpha value is -1.01. The molecule has 15 heavy (non-hydrogen) atoms. The van der Waals surface area contributed by atoms with Crippen LogP contribution in [0.1, 0.15) is 16.1 Å². The van der Waals surface area contributed by atoms with E-state index < -0.39 is 33.5 Å². The second kappa shape index (κ2) is 3.86. The van der Waals surface area contributed by atoms with Crippen LogP contribution >= 0.6 is 23.2 Å². The van der Waals surface area contributed by atoms with E-state index in [9.17, 15) is 18.0 Å². The van der Waals surface area contributed by atoms with E-state index in [1.54, 1.807) is 0 Å². The molecule has 82 valence electrons. The maximum atomic E-state index is 12.3. The summed E-state index contributed by atoms with van der Waals surface area (Å²) in [6.07, 6.45) is -4.68. The molecule has 1 aromatic rings. The molecule has 1 amide bonds. The molecule has 0 spiro atoms. The fraction of sp³-hybridized carbons (Fsp3) is 0.143. The molecule has 0 aliphatic carbocycles. The summed E-state index contributed by atoms with van der Waals surface area (Å²) in [7, 11) is 0. The van der Waals surface area contributed by atoms with E-state index >= 15 is 0 Å². The highest BCUT2D eigenvalue weighted by Gasteiger charge is 2.35. The summed E-state index contributed by atoms with van der Waals surface area (Å²) in [6, 6.07) is 0.511. The Balaban J connectivity index is 3.39. The van der Waals surface area contributed by atoms with Crippen LogP contribution in [0.5, 0.6) is 0 Å². The normalized spacial score (nSPS) is 11.5. The zero-order valence-corrected chi connectivity index (χ0v) is 8.41. The van der Waals surface area contributed by atoms with Crippen molar-refractivity contribution in [3.8, 4) is 0 Å². The van der Waals surface area contributed by atoms with Gasteiger partial charge in [0.25, 0.3) is 5.91 Å². The van der Waals surface area contributed by atoms with Gasteiger partial charge in [-0.25, -0.2) is 4.98 Å². The van der Waals surface area contributed by atoms with Crippen molar-refractivity contribution in [3.63, 3.8) is 0 Å². The van der Waals surface area contributed by atoms with E-state index in [2.05, 4.69) is 4.98 Å². The highest BCUT2D eigenvalue weighted by atomic mass is 35.5. The number of pyridine rings is 1. The predicted octanol–water partition coefficient (Wildman–Crippen LogP) is 2.51. The maximum Gasteiger partial charge on any atom is 0.419 e. The van der Waals surface area contributed by atoms with Crippen LogP contribution < -0.4 is 5.73 Å². The van der Waals surface area contributed by atoms with Gasteiger partial charge in [-0.3, -0.25) is 4.79 Å². The van der Waals surface area contributed by atoms with Gasteiger partial charge in [-0.15, -0.1) is 0 Å². The zero-order valence-electron chi connectivity index (χ0n) is 6.90. The molecule has 1 aromatic heterocycles. The molecule has 0 saturated heterocycles. The lowest BCUT2D eigenvalue weighted by Gasteiger charge is -2.09. The summed E-state index contributed by atoms with van der Waals surface area (Å²) in [5, 5.41) is -1.35. The smallest absolute Gasteiger partial charge is 0.364 e. The summed E-state index contributed by atoms with van der Waals surface area (Å²) in [5.74, 6) is -1.05. The van der Waals surface area contributed by atoms with Crippen molar-refractivity contribution >= 4 is 29.1 Å². The fourth-order valence-corrected chi connectivity index (χ4v) is 1.33. The minimum absolute atomic E-state index is 0.487. The van der Waals surface area contributed by atoms with Crippen molar-refractivity contribution < 1.29 is 18.0 Å². The summed E-state index contributed by atoms with van der Waals surface area (Å²) in [5.41, 5.74) is 3.12. The topological polar surface area (TPSA) is 56.0 Å². The van der Waals surface area contributed by atoms with E-state index in [1.807, 2.05) is 0 Å². The molecule has 1 rings (SSSR count). The van der Waals surface area contributed by atoms with Crippen LogP contribution in [0.2, 0.25) is 10.2 Å². The van der Waals surface area contributed by atoms with E-state index in [1.165, 1.54) is 0 Å². The van der Waals surface area contributed by atoms with E-state index in [0.717, 1.165) is 0 Å². The molecule has 0 saturated carbocycles. The van der Waals surface area contributed by atoms with Gasteiger partial charge in [0.1, 0.15) is 10.8 Å². The summed E-state index contributed by atoms with van der Waals surface area (Å²) >= 11 is 10.6. The predicted molar refractivity (Wildman–Crippen MR) is 47.8 cm³/mol. The second-order valence-electron chi connectivity index (χ2n) is 2.52. The van der Waals surface area contributed by atoms with Gasteiger partial charge in [-0.05, 0) is 6.07 Å². The number of hydrogen-bond donors (Lipinski definition) is 1. The van der Waals surface area contributed by atoms with E-state index in [0.29, 0.717) is 6.07 Å². The number of nitrogens with two attached hydrogens (primary N) is 1. The molecule has 0 unspecified atom stereocenters. The molecule has 0 aliphatic rings. The number of primary amides is 1. The molecule has 0 fully saturated rings. The first-order valence-electron chi connectivity index (χ1n) is 3.46. The van der Waals surface area contributed by atoms with Gasteiger partial charge in [-0.1, -0.05) is 23.2 Å². The fourth-order valence-electron chi connectivity index (χ4n) is 0.838. The molecule has 0 radical (unpaired) electrons. The van der Waals surface area contributed by atoms with Gasteiger partial charge >= 0.3 is 6.18 Å². The monoisotopic (exact) mass is 258 g/mol. The van der Waals surface area contributed by atoms with Crippen LogP contribution in [0.25, 0.3) is 0 Å². The van der Waals surface area contributed by atoms with Crippen LogP contribution in [0, 0.1) is 0 Å². The Morgan fingerprint density at radius 1 is 1.40 bits per heavy atom. The average molecular weight is 259 g/mol. The summed E-state index contributed by atoms with van der Waals surface area (Å²) in [4.78, 5) is 13.8. The SMILES string of the molecule is NC(=O)c1nc(Cl)c(C(F)(F)F)cc1Cl. The van der Waals surface area contributed by atoms with Crippen molar-refractivity contribution in [3.05, 3.63) is 27.5 Å². The van der Waals surface area contributed by atoms with Crippen LogP contribution in [0.15, 0.2) is 6.07 Å². The third-order valence-electron chi connectivity index (χ3n) is 1.47. The number of carbonyl (C=O) groups excluding carboxylic acids is 1. The Bertz CT molecular complexity index is 419. The Labute approximate surface area is 92.0 Å². The lowest BCUT2D eigenvalue weighted by molar-refractivity contribution is -0.137. The number of aromatic nitrogens is 1. The van der Waals surface area contributed by atoms with Crippen LogP contribution in [-0.4, -0.2) is 10.9 Å². The van der Waals surface area contributed by atoms with Crippen molar-refractivity contribution in [2.75, 3.05) is 0 Å². The largest absolute Gasteiger partial charge is 0.419 e. The number of rotatable bonds is 1. The first-order valence-corrected chi connectivity index (χ1v) is 4.22. The Morgan fingerprint density at radius 3 is 2.33 bits per heavy atom. The number of carbonyl (C=O) groups is 1. The van der Waals surface area contributed by atoms with Crippen LogP contribution in [0.4, 0.5) is 13.2 Å². The highest BCUT2D eigenvalue weighted by Crippen LogP contribution is 2.35. The minimum Gasteiger partial charge on any atom is -0.364 e. The molecule has 1 heterocycles. The molecule has 2 N–H and O–H groups in total. The molecule has 0 aliphatic heterocycles. The van der Waals surface area contributed by atoms with Crippen LogP contribution in [-0.2, 0) is 6.18 Å². The zero-order chi connectivity index (χ0) is 11.8. The number of halogens is 5. The first kappa shape index (κ1) is 12.1. The Morgan fingerprint density at radius 2 is 1.93 bits per heavy atom. The molecule has 0 aromatic carbocycles. The van der Waals surface area contributed by atoms with Crippen molar-refractivity contribution in [1.29, 1.82) is 0 Å². The van der Waals surface area contributed by atoms with Gasteiger partial charge < -0.3 is 5.73 Å². The number of hydrogen-bond acceptors (Lipinski definition) is 2. The minimum atomic E-state index is -4.68. The van der Waals surface area contributed by atoms with Gasteiger partial charge in [0.2, 0.25) is 0 Å². The van der Waals surface area contributed by atoms with E-state index in [-0.39, 0.29) is 0 Å². The molecular formula is C7H3Cl2F3N2O. The summed E-state index contributed by atoms with van der Waals surface area (Å²) in [6.45, 7) is 0. The molecule has 0 atom stereocenters. The highest BCUT2D eigenvalue weighted by molar-refractivity contribution is 6.35. The second-order valence-corrected chi connectivity index (χ2v) is 3.28. The van der Waals surface area contributed by atoms with Crippen molar-refractivity contribution in [2.24, 2.45) is 5.73 Å². The summed E-state index contributed by atoms with van der Waals surface area (Å²) < 4.78 is 36.8. The third kappa shape index (κ3) is 2.51. The van der Waals surface area contributed by atoms with Crippen LogP contribution in [0.3, 0.4) is 0 Å². The number of alkyl halides is 3. The Kier molecular flexibility index (Phi) is 3.11. The molecular weight excluding hydrogens is 256 g/mol. The number of nitrogens with zero attached hydrogens (tertiary/aromatic N) is 1. The first-order chi connectivity index (χ1) is 6.73. The van der Waals surface area contributed by atoms with Crippen molar-refractivity contribution in [2.45, 2.75) is 6.18 Å².